The first-order valence-corrected chi connectivity index (χ1v) is 6.18. The van der Waals surface area contributed by atoms with Crippen molar-refractivity contribution < 1.29 is 19.5 Å². The second-order valence-corrected chi connectivity index (χ2v) is 4.97. The van der Waals surface area contributed by atoms with E-state index in [9.17, 15) is 14.4 Å². The molecule has 0 saturated heterocycles. The molecule has 6 nitrogen and oxygen atoms in total. The van der Waals surface area contributed by atoms with Gasteiger partial charge in [0.2, 0.25) is 5.91 Å². The van der Waals surface area contributed by atoms with Crippen LogP contribution in [0.3, 0.4) is 0 Å². The van der Waals surface area contributed by atoms with Crippen molar-refractivity contribution in [1.29, 1.82) is 0 Å². The number of aliphatic carboxylic acids is 1. The fourth-order valence-corrected chi connectivity index (χ4v) is 2.12. The number of carboxylic acids is 1. The Hall–Kier alpha value is -1.89. The van der Waals surface area contributed by atoms with Gasteiger partial charge in [0.15, 0.2) is 0 Å². The molecule has 1 aromatic carbocycles. The Balaban J connectivity index is 2.87. The van der Waals surface area contributed by atoms with Gasteiger partial charge in [-0.25, -0.2) is 4.79 Å². The maximum Gasteiger partial charge on any atom is 0.326 e. The van der Waals surface area contributed by atoms with Gasteiger partial charge in [-0.1, -0.05) is 15.9 Å². The highest BCUT2D eigenvalue weighted by Crippen LogP contribution is 2.15. The van der Waals surface area contributed by atoms with Gasteiger partial charge in [0, 0.05) is 10.0 Å². The predicted molar refractivity (Wildman–Crippen MR) is 71.6 cm³/mol. The Morgan fingerprint density at radius 3 is 2.47 bits per heavy atom. The molecular weight excluding hydrogens is 316 g/mol. The van der Waals surface area contributed by atoms with Gasteiger partial charge in [-0.3, -0.25) is 9.59 Å². The lowest BCUT2D eigenvalue weighted by Gasteiger charge is -2.13. The second kappa shape index (κ2) is 6.33. The summed E-state index contributed by atoms with van der Waals surface area (Å²) in [5.41, 5.74) is 6.09. The fourth-order valence-electron chi connectivity index (χ4n) is 1.51. The van der Waals surface area contributed by atoms with Crippen LogP contribution in [0.15, 0.2) is 22.7 Å². The summed E-state index contributed by atoms with van der Waals surface area (Å²) in [5.74, 6) is -2.67. The van der Waals surface area contributed by atoms with E-state index in [-0.39, 0.29) is 0 Å². The van der Waals surface area contributed by atoms with Crippen LogP contribution >= 0.6 is 15.9 Å². The molecule has 0 heterocycles. The number of hydrogen-bond acceptors (Lipinski definition) is 3. The van der Waals surface area contributed by atoms with E-state index in [0.29, 0.717) is 10.0 Å². The van der Waals surface area contributed by atoms with Crippen LogP contribution in [0, 0.1) is 6.92 Å². The third-order valence-electron chi connectivity index (χ3n) is 2.31. The van der Waals surface area contributed by atoms with Crippen LogP contribution in [0.4, 0.5) is 0 Å². The molecule has 0 fully saturated rings. The Bertz CT molecular complexity index is 510. The molecule has 0 unspecified atom stereocenters. The molecule has 2 amide bonds. The zero-order chi connectivity index (χ0) is 14.6. The van der Waals surface area contributed by atoms with Crippen LogP contribution in [0.25, 0.3) is 0 Å². The summed E-state index contributed by atoms with van der Waals surface area (Å²) in [5, 5.41) is 11.2. The molecule has 0 bridgehead atoms. The first-order valence-electron chi connectivity index (χ1n) is 5.38. The van der Waals surface area contributed by atoms with Crippen molar-refractivity contribution >= 4 is 33.7 Å². The van der Waals surface area contributed by atoms with E-state index in [1.54, 1.807) is 19.1 Å². The van der Waals surface area contributed by atoms with Crippen molar-refractivity contribution in [2.24, 2.45) is 5.73 Å². The van der Waals surface area contributed by atoms with E-state index in [1.807, 2.05) is 6.07 Å². The number of amides is 2. The van der Waals surface area contributed by atoms with Crippen LogP contribution < -0.4 is 11.1 Å². The number of carboxylic acid groups (broad SMARTS) is 1. The number of aryl methyl sites for hydroxylation is 1. The Morgan fingerprint density at radius 2 is 2.00 bits per heavy atom. The first kappa shape index (κ1) is 15.2. The van der Waals surface area contributed by atoms with Crippen LogP contribution in [-0.4, -0.2) is 28.9 Å². The van der Waals surface area contributed by atoms with Crippen molar-refractivity contribution in [3.8, 4) is 0 Å². The molecule has 1 aromatic rings. The maximum absolute atomic E-state index is 11.9. The van der Waals surface area contributed by atoms with Gasteiger partial charge >= 0.3 is 5.97 Å². The van der Waals surface area contributed by atoms with Gasteiger partial charge in [-0.2, -0.15) is 0 Å². The summed E-state index contributed by atoms with van der Waals surface area (Å²) in [6.07, 6.45) is -0.450. The maximum atomic E-state index is 11.9. The molecule has 102 valence electrons. The number of nitrogens with two attached hydrogens (primary N) is 1. The molecule has 0 aliphatic carbocycles. The number of rotatable bonds is 5. The summed E-state index contributed by atoms with van der Waals surface area (Å²) in [7, 11) is 0. The normalized spacial score (nSPS) is 11.7. The van der Waals surface area contributed by atoms with E-state index in [1.165, 1.54) is 0 Å². The highest BCUT2D eigenvalue weighted by Gasteiger charge is 2.22. The minimum atomic E-state index is -1.33. The molecule has 0 radical (unpaired) electrons. The standard InChI is InChI=1S/C12H13BrN2O4/c1-6-2-7(4-8(13)3-6)11(17)15-9(12(18)19)5-10(14)16/h2-4,9H,5H2,1H3,(H2,14,16)(H,15,17)(H,18,19)/t9-/m1/s1. The second-order valence-electron chi connectivity index (χ2n) is 4.05. The van der Waals surface area contributed by atoms with E-state index in [0.717, 1.165) is 5.56 Å². The largest absolute Gasteiger partial charge is 0.480 e. The van der Waals surface area contributed by atoms with Crippen LogP contribution in [0.1, 0.15) is 22.3 Å². The lowest BCUT2D eigenvalue weighted by molar-refractivity contribution is -0.140. The van der Waals surface area contributed by atoms with Gasteiger partial charge in [-0.15, -0.1) is 0 Å². The quantitative estimate of drug-likeness (QED) is 0.743. The number of hydrogen-bond donors (Lipinski definition) is 3. The van der Waals surface area contributed by atoms with Crippen LogP contribution in [-0.2, 0) is 9.59 Å². The summed E-state index contributed by atoms with van der Waals surface area (Å²) < 4.78 is 0.708. The molecule has 19 heavy (non-hydrogen) atoms. The summed E-state index contributed by atoms with van der Waals surface area (Å²) in [6, 6.07) is 3.66. The molecule has 0 saturated carbocycles. The van der Waals surface area contributed by atoms with Crippen LogP contribution in [0.5, 0.6) is 0 Å². The lowest BCUT2D eigenvalue weighted by atomic mass is 10.1. The van der Waals surface area contributed by atoms with Crippen molar-refractivity contribution in [3.63, 3.8) is 0 Å². The molecule has 1 atom stereocenters. The van der Waals surface area contributed by atoms with Gasteiger partial charge < -0.3 is 16.2 Å². The van der Waals surface area contributed by atoms with Gasteiger partial charge in [0.05, 0.1) is 6.42 Å². The Morgan fingerprint density at radius 1 is 1.37 bits per heavy atom. The van der Waals surface area contributed by atoms with Crippen molar-refractivity contribution in [2.45, 2.75) is 19.4 Å². The number of carbonyl (C=O) groups is 3. The van der Waals surface area contributed by atoms with E-state index in [4.69, 9.17) is 10.8 Å². The molecule has 4 N–H and O–H groups in total. The fraction of sp³-hybridized carbons (Fsp3) is 0.250. The molecule has 0 spiro atoms. The van der Waals surface area contributed by atoms with E-state index in [2.05, 4.69) is 21.2 Å². The third-order valence-corrected chi connectivity index (χ3v) is 2.77. The average Bonchev–Trinajstić information content (AvgIpc) is 2.25. The average molecular weight is 329 g/mol. The van der Waals surface area contributed by atoms with Crippen molar-refractivity contribution in [1.82, 2.24) is 5.32 Å². The Labute approximate surface area is 118 Å². The first-order chi connectivity index (χ1) is 8.79. The van der Waals surface area contributed by atoms with Gasteiger partial charge in [-0.05, 0) is 30.7 Å². The summed E-state index contributed by atoms with van der Waals surface area (Å²) in [6.45, 7) is 1.81. The number of primary amides is 1. The minimum Gasteiger partial charge on any atom is -0.480 e. The van der Waals surface area contributed by atoms with Crippen molar-refractivity contribution in [2.75, 3.05) is 0 Å². The zero-order valence-corrected chi connectivity index (χ0v) is 11.7. The topological polar surface area (TPSA) is 109 Å². The van der Waals surface area contributed by atoms with Crippen LogP contribution in [0.2, 0.25) is 0 Å². The minimum absolute atomic E-state index is 0.308. The molecule has 0 aromatic heterocycles. The third kappa shape index (κ3) is 4.70. The number of carbonyl (C=O) groups excluding carboxylic acids is 2. The SMILES string of the molecule is Cc1cc(Br)cc(C(=O)N[C@H](CC(N)=O)C(=O)O)c1. The Kier molecular flexibility index (Phi) is 5.05. The molecule has 0 aliphatic heterocycles. The van der Waals surface area contributed by atoms with E-state index < -0.39 is 30.2 Å². The summed E-state index contributed by atoms with van der Waals surface area (Å²) >= 11 is 3.25. The number of nitrogens with one attached hydrogen (secondary N) is 1. The molecule has 0 aliphatic rings. The smallest absolute Gasteiger partial charge is 0.326 e. The monoisotopic (exact) mass is 328 g/mol. The summed E-state index contributed by atoms with van der Waals surface area (Å²) in [4.78, 5) is 33.5. The van der Waals surface area contributed by atoms with Crippen molar-refractivity contribution in [3.05, 3.63) is 33.8 Å². The number of halogens is 1. The zero-order valence-electron chi connectivity index (χ0n) is 10.1. The molecular formula is C12H13BrN2O4. The molecule has 7 heteroatoms. The van der Waals surface area contributed by atoms with Gasteiger partial charge in [0.25, 0.3) is 5.91 Å². The van der Waals surface area contributed by atoms with Gasteiger partial charge in [0.1, 0.15) is 6.04 Å². The lowest BCUT2D eigenvalue weighted by Crippen LogP contribution is -2.43. The number of benzene rings is 1. The predicted octanol–water partition coefficient (Wildman–Crippen LogP) is 0.816. The highest BCUT2D eigenvalue weighted by atomic mass is 79.9. The molecule has 1 rings (SSSR count). The van der Waals surface area contributed by atoms with E-state index >= 15 is 0 Å². The highest BCUT2D eigenvalue weighted by molar-refractivity contribution is 9.10.